The maximum atomic E-state index is 12.3. The molecule has 0 bridgehead atoms. The zero-order valence-corrected chi connectivity index (χ0v) is 14.5. The normalized spacial score (nSPS) is 22.3. The summed E-state index contributed by atoms with van der Waals surface area (Å²) in [7, 11) is 5.34. The predicted octanol–water partition coefficient (Wildman–Crippen LogP) is -1.34. The minimum Gasteiger partial charge on any atom is -0.493 e. The quantitative estimate of drug-likeness (QED) is 0.636. The average molecular weight is 324 g/mol. The highest BCUT2D eigenvalue weighted by molar-refractivity contribution is 5.90. The van der Waals surface area contributed by atoms with E-state index in [2.05, 4.69) is 7.05 Å². The minimum atomic E-state index is -0.322. The largest absolute Gasteiger partial charge is 0.493 e. The second kappa shape index (κ2) is 8.17. The van der Waals surface area contributed by atoms with Crippen LogP contribution in [0.4, 0.5) is 0 Å². The monoisotopic (exact) mass is 324 g/mol. The smallest absolute Gasteiger partial charge is 0.338 e. The van der Waals surface area contributed by atoms with E-state index in [4.69, 9.17) is 14.2 Å². The summed E-state index contributed by atoms with van der Waals surface area (Å²) >= 11 is 0. The molecule has 1 atom stereocenters. The Morgan fingerprint density at radius 3 is 2.39 bits per heavy atom. The lowest BCUT2D eigenvalue weighted by Gasteiger charge is -2.28. The maximum absolute atomic E-state index is 12.3. The molecule has 0 amide bonds. The summed E-state index contributed by atoms with van der Waals surface area (Å²) in [6.07, 6.45) is -0.107. The first-order chi connectivity index (χ1) is 11.0. The highest BCUT2D eigenvalue weighted by Crippen LogP contribution is 2.27. The van der Waals surface area contributed by atoms with E-state index >= 15 is 0 Å². The molecule has 1 aliphatic rings. The third kappa shape index (κ3) is 4.84. The van der Waals surface area contributed by atoms with Gasteiger partial charge in [0.15, 0.2) is 11.5 Å². The summed E-state index contributed by atoms with van der Waals surface area (Å²) in [6, 6.07) is 5.07. The van der Waals surface area contributed by atoms with Crippen molar-refractivity contribution < 1.29 is 28.8 Å². The maximum Gasteiger partial charge on any atom is 0.338 e. The Bertz CT molecular complexity index is 527. The van der Waals surface area contributed by atoms with Gasteiger partial charge in [-0.15, -0.1) is 0 Å². The molecular weight excluding hydrogens is 296 g/mol. The molecule has 2 rings (SSSR count). The molecule has 1 fully saturated rings. The Balaban J connectivity index is 1.90. The number of benzene rings is 1. The molecule has 6 heteroatoms. The van der Waals surface area contributed by atoms with Crippen molar-refractivity contribution in [3.63, 3.8) is 0 Å². The highest BCUT2D eigenvalue weighted by atomic mass is 16.5. The zero-order valence-electron chi connectivity index (χ0n) is 14.5. The van der Waals surface area contributed by atoms with Gasteiger partial charge in [0.1, 0.15) is 38.8 Å². The molecule has 128 valence electrons. The lowest BCUT2D eigenvalue weighted by Crippen LogP contribution is -3.27. The van der Waals surface area contributed by atoms with Crippen molar-refractivity contribution in [2.24, 2.45) is 0 Å². The summed E-state index contributed by atoms with van der Waals surface area (Å²) < 4.78 is 16.0. The van der Waals surface area contributed by atoms with Gasteiger partial charge in [-0.05, 0) is 25.1 Å². The molecular formula is C17H28N2O4+2. The Labute approximate surface area is 137 Å². The first kappa shape index (κ1) is 17.6. The highest BCUT2D eigenvalue weighted by Gasteiger charge is 2.24. The number of ether oxygens (including phenoxy) is 3. The van der Waals surface area contributed by atoms with Crippen LogP contribution in [0.2, 0.25) is 0 Å². The number of esters is 1. The number of quaternary nitrogens is 2. The summed E-state index contributed by atoms with van der Waals surface area (Å²) in [5.41, 5.74) is 0.479. The van der Waals surface area contributed by atoms with Gasteiger partial charge in [-0.25, -0.2) is 4.79 Å². The van der Waals surface area contributed by atoms with E-state index in [1.54, 1.807) is 37.3 Å². The molecule has 1 heterocycles. The third-order valence-corrected chi connectivity index (χ3v) is 4.31. The van der Waals surface area contributed by atoms with E-state index in [1.165, 1.54) is 18.0 Å². The van der Waals surface area contributed by atoms with Crippen molar-refractivity contribution in [1.82, 2.24) is 0 Å². The molecule has 1 aromatic rings. The summed E-state index contributed by atoms with van der Waals surface area (Å²) in [4.78, 5) is 15.4. The lowest BCUT2D eigenvalue weighted by molar-refractivity contribution is -1.00. The fraction of sp³-hybridized carbons (Fsp3) is 0.588. The van der Waals surface area contributed by atoms with Gasteiger partial charge in [-0.3, -0.25) is 0 Å². The van der Waals surface area contributed by atoms with Gasteiger partial charge < -0.3 is 24.0 Å². The lowest BCUT2D eigenvalue weighted by atomic mass is 10.2. The van der Waals surface area contributed by atoms with Gasteiger partial charge in [0.2, 0.25) is 0 Å². The first-order valence-corrected chi connectivity index (χ1v) is 8.11. The van der Waals surface area contributed by atoms with Crippen molar-refractivity contribution in [1.29, 1.82) is 0 Å². The predicted molar refractivity (Wildman–Crippen MR) is 86.6 cm³/mol. The Morgan fingerprint density at radius 2 is 1.78 bits per heavy atom. The molecule has 0 aliphatic carbocycles. The number of rotatable bonds is 6. The van der Waals surface area contributed by atoms with Gasteiger partial charge >= 0.3 is 5.97 Å². The molecule has 0 saturated carbocycles. The van der Waals surface area contributed by atoms with Crippen molar-refractivity contribution in [2.45, 2.75) is 13.0 Å². The van der Waals surface area contributed by atoms with Crippen LogP contribution in [-0.4, -0.2) is 66.1 Å². The standard InChI is InChI=1S/C17H26N2O4/c1-13(12-19-9-7-18(2)8-10-19)23-17(20)14-5-6-15(21-3)16(11-14)22-4/h5-6,11,13H,7-10,12H2,1-4H3/p+2/t13-/m1/s1. The van der Waals surface area contributed by atoms with E-state index < -0.39 is 0 Å². The molecule has 1 saturated heterocycles. The van der Waals surface area contributed by atoms with Crippen LogP contribution in [0.1, 0.15) is 17.3 Å². The molecule has 0 aromatic heterocycles. The molecule has 6 nitrogen and oxygen atoms in total. The summed E-state index contributed by atoms with van der Waals surface area (Å²) in [6.45, 7) is 7.41. The minimum absolute atomic E-state index is 0.107. The van der Waals surface area contributed by atoms with E-state index in [0.717, 1.165) is 19.6 Å². The molecule has 23 heavy (non-hydrogen) atoms. The average Bonchev–Trinajstić information content (AvgIpc) is 2.56. The number of methoxy groups -OCH3 is 2. The van der Waals surface area contributed by atoms with Crippen LogP contribution in [0.3, 0.4) is 0 Å². The SMILES string of the molecule is COc1ccc(C(=O)O[C@H](C)C[NH+]2CC[NH+](C)CC2)cc1OC. The molecule has 0 spiro atoms. The second-order valence-electron chi connectivity index (χ2n) is 6.20. The fourth-order valence-electron chi connectivity index (χ4n) is 2.90. The van der Waals surface area contributed by atoms with Crippen molar-refractivity contribution in [2.75, 3.05) is 54.0 Å². The number of hydrogen-bond donors (Lipinski definition) is 2. The van der Waals surface area contributed by atoms with Gasteiger partial charge in [-0.2, -0.15) is 0 Å². The van der Waals surface area contributed by atoms with Gasteiger partial charge in [0, 0.05) is 0 Å². The summed E-state index contributed by atoms with van der Waals surface area (Å²) in [5.74, 6) is 0.807. The van der Waals surface area contributed by atoms with Gasteiger partial charge in [0.25, 0.3) is 0 Å². The molecule has 0 radical (unpaired) electrons. The number of carbonyl (C=O) groups excluding carboxylic acids is 1. The van der Waals surface area contributed by atoms with E-state index in [-0.39, 0.29) is 12.1 Å². The number of carbonyl (C=O) groups is 1. The van der Waals surface area contributed by atoms with Crippen LogP contribution in [0.15, 0.2) is 18.2 Å². The number of likely N-dealkylation sites (N-methyl/N-ethyl adjacent to an activating group) is 1. The van der Waals surface area contributed by atoms with Crippen LogP contribution in [0, 0.1) is 0 Å². The molecule has 2 N–H and O–H groups in total. The van der Waals surface area contributed by atoms with Crippen LogP contribution in [0.5, 0.6) is 11.5 Å². The zero-order chi connectivity index (χ0) is 16.8. The van der Waals surface area contributed by atoms with Crippen LogP contribution < -0.4 is 19.3 Å². The van der Waals surface area contributed by atoms with Gasteiger partial charge in [0.05, 0.1) is 26.8 Å². The van der Waals surface area contributed by atoms with E-state index in [0.29, 0.717) is 17.1 Å². The molecule has 1 aromatic carbocycles. The van der Waals surface area contributed by atoms with Crippen molar-refractivity contribution >= 4 is 5.97 Å². The van der Waals surface area contributed by atoms with Crippen LogP contribution in [0.25, 0.3) is 0 Å². The molecule has 1 aliphatic heterocycles. The van der Waals surface area contributed by atoms with Crippen LogP contribution >= 0.6 is 0 Å². The Morgan fingerprint density at radius 1 is 1.13 bits per heavy atom. The number of hydrogen-bond acceptors (Lipinski definition) is 4. The van der Waals surface area contributed by atoms with Crippen molar-refractivity contribution in [3.8, 4) is 11.5 Å². The second-order valence-corrected chi connectivity index (χ2v) is 6.20. The third-order valence-electron chi connectivity index (χ3n) is 4.31. The fourth-order valence-corrected chi connectivity index (χ4v) is 2.90. The topological polar surface area (TPSA) is 53.6 Å². The first-order valence-electron chi connectivity index (χ1n) is 8.11. The van der Waals surface area contributed by atoms with Gasteiger partial charge in [-0.1, -0.05) is 0 Å². The Kier molecular flexibility index (Phi) is 6.24. The van der Waals surface area contributed by atoms with E-state index in [9.17, 15) is 4.79 Å². The Hall–Kier alpha value is -1.79. The number of nitrogens with one attached hydrogen (secondary N) is 2. The summed E-state index contributed by atoms with van der Waals surface area (Å²) in [5, 5.41) is 0. The van der Waals surface area contributed by atoms with Crippen LogP contribution in [-0.2, 0) is 4.74 Å². The molecule has 0 unspecified atom stereocenters. The van der Waals surface area contributed by atoms with Crippen molar-refractivity contribution in [3.05, 3.63) is 23.8 Å². The van der Waals surface area contributed by atoms with E-state index in [1.807, 2.05) is 6.92 Å². The number of piperazine rings is 1.